The first-order valence-electron chi connectivity index (χ1n) is 5.92. The van der Waals surface area contributed by atoms with Gasteiger partial charge in [0.15, 0.2) is 6.29 Å². The van der Waals surface area contributed by atoms with Gasteiger partial charge in [-0.2, -0.15) is 0 Å². The molecule has 88 valence electrons. The quantitative estimate of drug-likeness (QED) is 0.698. The summed E-state index contributed by atoms with van der Waals surface area (Å²) in [5.74, 6) is 0. The van der Waals surface area contributed by atoms with Crippen LogP contribution in [0.3, 0.4) is 0 Å². The van der Waals surface area contributed by atoms with Crippen LogP contribution in [0.4, 0.5) is 0 Å². The van der Waals surface area contributed by atoms with Gasteiger partial charge in [-0.25, -0.2) is 0 Å². The molecule has 0 bridgehead atoms. The Balaban J connectivity index is 1.63. The zero-order valence-corrected chi connectivity index (χ0v) is 9.48. The lowest BCUT2D eigenvalue weighted by Gasteiger charge is -2.32. The first-order valence-corrected chi connectivity index (χ1v) is 5.92. The van der Waals surface area contributed by atoms with E-state index in [9.17, 15) is 0 Å². The predicted octanol–water partition coefficient (Wildman–Crippen LogP) is 0.860. The summed E-state index contributed by atoms with van der Waals surface area (Å²) < 4.78 is 16.5. The molecule has 2 rings (SSSR count). The summed E-state index contributed by atoms with van der Waals surface area (Å²) in [6, 6.07) is 0. The van der Waals surface area contributed by atoms with Crippen molar-refractivity contribution >= 4 is 0 Å². The highest BCUT2D eigenvalue weighted by atomic mass is 16.7. The van der Waals surface area contributed by atoms with Crippen molar-refractivity contribution in [2.24, 2.45) is 0 Å². The maximum Gasteiger partial charge on any atom is 0.158 e. The van der Waals surface area contributed by atoms with Gasteiger partial charge in [0.1, 0.15) is 0 Å². The number of ether oxygens (including phenoxy) is 3. The molecule has 0 aromatic heterocycles. The lowest BCUT2D eigenvalue weighted by Crippen LogP contribution is -2.42. The fraction of sp³-hybridized carbons (Fsp3) is 1.00. The first kappa shape index (κ1) is 11.3. The van der Waals surface area contributed by atoms with E-state index in [1.807, 2.05) is 0 Å². The van der Waals surface area contributed by atoms with Gasteiger partial charge in [-0.15, -0.1) is 0 Å². The van der Waals surface area contributed by atoms with Crippen LogP contribution in [0, 0.1) is 0 Å². The molecule has 2 heterocycles. The van der Waals surface area contributed by atoms with Gasteiger partial charge in [-0.3, -0.25) is 4.90 Å². The third-order valence-corrected chi connectivity index (χ3v) is 2.90. The summed E-state index contributed by atoms with van der Waals surface area (Å²) in [6.45, 7) is 7.81. The van der Waals surface area contributed by atoms with Crippen LogP contribution in [-0.4, -0.2) is 56.7 Å². The minimum absolute atomic E-state index is 0.0249. The van der Waals surface area contributed by atoms with Crippen molar-refractivity contribution in [2.75, 3.05) is 39.5 Å². The third-order valence-electron chi connectivity index (χ3n) is 2.90. The Hall–Kier alpha value is -0.160. The van der Waals surface area contributed by atoms with Gasteiger partial charge < -0.3 is 14.2 Å². The molecule has 0 N–H and O–H groups in total. The SMILES string of the molecule is CC1CN(CCC2OCCCO2)CCO1. The molecule has 0 amide bonds. The van der Waals surface area contributed by atoms with Crippen LogP contribution in [-0.2, 0) is 14.2 Å². The average molecular weight is 215 g/mol. The Bertz CT molecular complexity index is 183. The van der Waals surface area contributed by atoms with E-state index in [-0.39, 0.29) is 6.29 Å². The predicted molar refractivity (Wildman–Crippen MR) is 56.8 cm³/mol. The molecule has 2 aliphatic rings. The van der Waals surface area contributed by atoms with Crippen LogP contribution >= 0.6 is 0 Å². The van der Waals surface area contributed by atoms with E-state index < -0.39 is 0 Å². The molecule has 2 fully saturated rings. The lowest BCUT2D eigenvalue weighted by molar-refractivity contribution is -0.183. The van der Waals surface area contributed by atoms with Gasteiger partial charge in [-0.05, 0) is 13.3 Å². The summed E-state index contributed by atoms with van der Waals surface area (Å²) >= 11 is 0. The van der Waals surface area contributed by atoms with E-state index in [4.69, 9.17) is 14.2 Å². The topological polar surface area (TPSA) is 30.9 Å². The summed E-state index contributed by atoms with van der Waals surface area (Å²) in [7, 11) is 0. The molecule has 2 aliphatic heterocycles. The van der Waals surface area contributed by atoms with Crippen LogP contribution in [0.25, 0.3) is 0 Å². The summed E-state index contributed by atoms with van der Waals surface area (Å²) in [6.07, 6.45) is 2.40. The molecule has 2 saturated heterocycles. The monoisotopic (exact) mass is 215 g/mol. The van der Waals surface area contributed by atoms with Crippen LogP contribution in [0.15, 0.2) is 0 Å². The van der Waals surface area contributed by atoms with Crippen molar-refractivity contribution in [3.63, 3.8) is 0 Å². The van der Waals surface area contributed by atoms with Gasteiger partial charge in [0.25, 0.3) is 0 Å². The van der Waals surface area contributed by atoms with Crippen molar-refractivity contribution in [3.05, 3.63) is 0 Å². The van der Waals surface area contributed by atoms with E-state index in [0.717, 1.165) is 52.3 Å². The van der Waals surface area contributed by atoms with Crippen molar-refractivity contribution in [1.29, 1.82) is 0 Å². The second-order valence-corrected chi connectivity index (χ2v) is 4.30. The van der Waals surface area contributed by atoms with E-state index in [0.29, 0.717) is 6.10 Å². The molecule has 0 radical (unpaired) electrons. The third kappa shape index (κ3) is 3.72. The van der Waals surface area contributed by atoms with E-state index in [2.05, 4.69) is 11.8 Å². The van der Waals surface area contributed by atoms with E-state index in [1.165, 1.54) is 0 Å². The molecule has 0 aliphatic carbocycles. The Labute approximate surface area is 91.5 Å². The molecule has 0 aromatic rings. The highest BCUT2D eigenvalue weighted by Gasteiger charge is 2.19. The number of hydrogen-bond acceptors (Lipinski definition) is 4. The van der Waals surface area contributed by atoms with Crippen molar-refractivity contribution < 1.29 is 14.2 Å². The van der Waals surface area contributed by atoms with E-state index >= 15 is 0 Å². The molecule has 0 saturated carbocycles. The molecule has 15 heavy (non-hydrogen) atoms. The minimum Gasteiger partial charge on any atom is -0.376 e. The van der Waals surface area contributed by atoms with Crippen molar-refractivity contribution in [2.45, 2.75) is 32.2 Å². The molecule has 4 nitrogen and oxygen atoms in total. The second-order valence-electron chi connectivity index (χ2n) is 4.30. The van der Waals surface area contributed by atoms with Gasteiger partial charge >= 0.3 is 0 Å². The number of hydrogen-bond donors (Lipinski definition) is 0. The number of rotatable bonds is 3. The summed E-state index contributed by atoms with van der Waals surface area (Å²) in [5, 5.41) is 0. The number of nitrogens with zero attached hydrogens (tertiary/aromatic N) is 1. The Morgan fingerprint density at radius 1 is 1.13 bits per heavy atom. The smallest absolute Gasteiger partial charge is 0.158 e. The van der Waals surface area contributed by atoms with Crippen LogP contribution in [0.1, 0.15) is 19.8 Å². The second kappa shape index (κ2) is 5.80. The Morgan fingerprint density at radius 3 is 2.67 bits per heavy atom. The largest absolute Gasteiger partial charge is 0.376 e. The zero-order valence-electron chi connectivity index (χ0n) is 9.48. The molecular formula is C11H21NO3. The van der Waals surface area contributed by atoms with Gasteiger partial charge in [0, 0.05) is 26.1 Å². The van der Waals surface area contributed by atoms with Gasteiger partial charge in [0.2, 0.25) is 0 Å². The molecule has 0 spiro atoms. The summed E-state index contributed by atoms with van der Waals surface area (Å²) in [5.41, 5.74) is 0. The van der Waals surface area contributed by atoms with Crippen molar-refractivity contribution in [3.8, 4) is 0 Å². The van der Waals surface area contributed by atoms with Gasteiger partial charge in [-0.1, -0.05) is 0 Å². The number of morpholine rings is 1. The van der Waals surface area contributed by atoms with Gasteiger partial charge in [0.05, 0.1) is 25.9 Å². The Kier molecular flexibility index (Phi) is 4.38. The van der Waals surface area contributed by atoms with Crippen molar-refractivity contribution in [1.82, 2.24) is 4.90 Å². The molecule has 1 atom stereocenters. The molecule has 1 unspecified atom stereocenters. The van der Waals surface area contributed by atoms with Crippen LogP contribution < -0.4 is 0 Å². The fourth-order valence-electron chi connectivity index (χ4n) is 2.08. The average Bonchev–Trinajstić information content (AvgIpc) is 2.28. The highest BCUT2D eigenvalue weighted by molar-refractivity contribution is 4.68. The zero-order chi connectivity index (χ0) is 10.5. The fourth-order valence-corrected chi connectivity index (χ4v) is 2.08. The highest BCUT2D eigenvalue weighted by Crippen LogP contribution is 2.11. The Morgan fingerprint density at radius 2 is 1.93 bits per heavy atom. The maximum atomic E-state index is 5.52. The molecular weight excluding hydrogens is 194 g/mol. The van der Waals surface area contributed by atoms with E-state index in [1.54, 1.807) is 0 Å². The molecule has 4 heteroatoms. The van der Waals surface area contributed by atoms with Crippen LogP contribution in [0.5, 0.6) is 0 Å². The standard InChI is InChI=1S/C11H21NO3/c1-10-9-12(5-8-13-10)4-3-11-14-6-2-7-15-11/h10-11H,2-9H2,1H3. The maximum absolute atomic E-state index is 5.52. The van der Waals surface area contributed by atoms with Crippen LogP contribution in [0.2, 0.25) is 0 Å². The minimum atomic E-state index is 0.0249. The lowest BCUT2D eigenvalue weighted by atomic mass is 10.2. The first-order chi connectivity index (χ1) is 7.34. The molecule has 0 aromatic carbocycles. The normalized spacial score (nSPS) is 30.6. The summed E-state index contributed by atoms with van der Waals surface area (Å²) in [4.78, 5) is 2.43.